The van der Waals surface area contributed by atoms with Gasteiger partial charge in [-0.3, -0.25) is 0 Å². The van der Waals surface area contributed by atoms with E-state index in [4.69, 9.17) is 4.74 Å². The van der Waals surface area contributed by atoms with Crippen LogP contribution in [-0.4, -0.2) is 69.8 Å². The molecule has 0 radical (unpaired) electrons. The molecule has 35 heavy (non-hydrogen) atoms. The number of sulfonamides is 1. The Morgan fingerprint density at radius 3 is 2.29 bits per heavy atom. The zero-order valence-electron chi connectivity index (χ0n) is 19.4. The van der Waals surface area contributed by atoms with E-state index in [1.54, 1.807) is 42.5 Å². The van der Waals surface area contributed by atoms with Gasteiger partial charge in [0.2, 0.25) is 10.0 Å². The molecule has 0 aliphatic carbocycles. The van der Waals surface area contributed by atoms with Gasteiger partial charge < -0.3 is 14.7 Å². The number of halogens is 3. The molecule has 2 saturated heterocycles. The number of hydrogen-bond acceptors (Lipinski definition) is 5. The quantitative estimate of drug-likeness (QED) is 0.583. The van der Waals surface area contributed by atoms with Crippen LogP contribution in [0, 0.1) is 5.92 Å². The molecule has 2 aliphatic rings. The van der Waals surface area contributed by atoms with E-state index in [-0.39, 0.29) is 23.0 Å². The van der Waals surface area contributed by atoms with Crippen LogP contribution in [-0.2, 0) is 20.4 Å². The Hall–Kier alpha value is -2.14. The van der Waals surface area contributed by atoms with Crippen LogP contribution in [0.1, 0.15) is 24.8 Å². The highest BCUT2D eigenvalue weighted by Crippen LogP contribution is 2.33. The summed E-state index contributed by atoms with van der Waals surface area (Å²) < 4.78 is 73.3. The Kier molecular flexibility index (Phi) is 8.05. The van der Waals surface area contributed by atoms with Crippen LogP contribution < -0.4 is 4.90 Å². The molecule has 2 aliphatic heterocycles. The van der Waals surface area contributed by atoms with Crippen molar-refractivity contribution in [3.05, 3.63) is 60.2 Å². The molecule has 6 nitrogen and oxygen atoms in total. The van der Waals surface area contributed by atoms with Crippen molar-refractivity contribution in [3.63, 3.8) is 0 Å². The minimum Gasteiger partial charge on any atom is -0.381 e. The third kappa shape index (κ3) is 5.50. The van der Waals surface area contributed by atoms with Crippen LogP contribution in [0.25, 0.3) is 0 Å². The average Bonchev–Trinajstić information content (AvgIpc) is 2.89. The van der Waals surface area contributed by atoms with Gasteiger partial charge in [-0.1, -0.05) is 30.3 Å². The molecule has 2 aromatic carbocycles. The molecule has 192 valence electrons. The van der Waals surface area contributed by atoms with Gasteiger partial charge in [0.25, 0.3) is 6.43 Å². The lowest BCUT2D eigenvalue weighted by Gasteiger charge is -2.44. The number of alkyl halides is 3. The summed E-state index contributed by atoms with van der Waals surface area (Å²) in [5.41, 5.74) is -2.31. The van der Waals surface area contributed by atoms with E-state index < -0.39 is 28.7 Å². The second-order valence-electron chi connectivity index (χ2n) is 9.22. The standard InChI is InChI=1S/C25H31F3N2O4S/c26-18-25(31,24(27)28)20-6-8-21(9-7-20)30-13-12-29(35(32,33)23-4-2-1-3-5-23)17-22(30)16-19-10-14-34-15-11-19/h1-9,19,22,24,31H,10-18H2/t22-,25?/m0/s1. The monoisotopic (exact) mass is 512 g/mol. The molecule has 0 aromatic heterocycles. The summed E-state index contributed by atoms with van der Waals surface area (Å²) in [6, 6.07) is 14.0. The van der Waals surface area contributed by atoms with Gasteiger partial charge in [0.1, 0.15) is 6.67 Å². The number of anilines is 1. The number of piperazine rings is 1. The smallest absolute Gasteiger partial charge is 0.273 e. The molecule has 0 amide bonds. The van der Waals surface area contributed by atoms with Crippen LogP contribution in [0.5, 0.6) is 0 Å². The van der Waals surface area contributed by atoms with Crippen molar-refractivity contribution < 1.29 is 31.4 Å². The van der Waals surface area contributed by atoms with E-state index in [0.717, 1.165) is 24.9 Å². The molecule has 0 bridgehead atoms. The predicted octanol–water partition coefficient (Wildman–Crippen LogP) is 3.81. The first-order valence-corrected chi connectivity index (χ1v) is 13.3. The van der Waals surface area contributed by atoms with E-state index in [9.17, 15) is 26.7 Å². The molecule has 0 spiro atoms. The van der Waals surface area contributed by atoms with Gasteiger partial charge in [-0.2, -0.15) is 4.31 Å². The number of ether oxygens (including phenoxy) is 1. The lowest BCUT2D eigenvalue weighted by Crippen LogP contribution is -2.55. The van der Waals surface area contributed by atoms with Crippen molar-refractivity contribution in [2.45, 2.75) is 42.2 Å². The molecule has 4 rings (SSSR count). The molecule has 1 N–H and O–H groups in total. The Labute approximate surface area is 204 Å². The van der Waals surface area contributed by atoms with E-state index >= 15 is 0 Å². The second kappa shape index (κ2) is 10.9. The van der Waals surface area contributed by atoms with Crippen molar-refractivity contribution >= 4 is 15.7 Å². The summed E-state index contributed by atoms with van der Waals surface area (Å²) >= 11 is 0. The van der Waals surface area contributed by atoms with Crippen molar-refractivity contribution in [1.82, 2.24) is 4.31 Å². The number of benzene rings is 2. The lowest BCUT2D eigenvalue weighted by molar-refractivity contribution is -0.114. The summed E-state index contributed by atoms with van der Waals surface area (Å²) in [6.07, 6.45) is -0.706. The zero-order chi connectivity index (χ0) is 25.1. The van der Waals surface area contributed by atoms with Gasteiger partial charge in [0.05, 0.1) is 4.90 Å². The van der Waals surface area contributed by atoms with Crippen molar-refractivity contribution in [1.29, 1.82) is 0 Å². The van der Waals surface area contributed by atoms with Gasteiger partial charge in [0, 0.05) is 44.6 Å². The third-order valence-electron chi connectivity index (χ3n) is 7.04. The van der Waals surface area contributed by atoms with Crippen LogP contribution in [0.3, 0.4) is 0 Å². The first kappa shape index (κ1) is 25.9. The number of hydrogen-bond donors (Lipinski definition) is 1. The van der Waals surface area contributed by atoms with Crippen LogP contribution >= 0.6 is 0 Å². The van der Waals surface area contributed by atoms with Crippen LogP contribution in [0.15, 0.2) is 59.5 Å². The van der Waals surface area contributed by atoms with E-state index in [1.807, 2.05) is 0 Å². The number of aliphatic hydroxyl groups is 1. The first-order chi connectivity index (χ1) is 16.8. The topological polar surface area (TPSA) is 70.1 Å². The highest BCUT2D eigenvalue weighted by atomic mass is 32.2. The Morgan fingerprint density at radius 1 is 1.03 bits per heavy atom. The molecule has 2 heterocycles. The van der Waals surface area contributed by atoms with Gasteiger partial charge >= 0.3 is 0 Å². The summed E-state index contributed by atoms with van der Waals surface area (Å²) in [6.45, 7) is 0.742. The maximum absolute atomic E-state index is 13.3. The predicted molar refractivity (Wildman–Crippen MR) is 127 cm³/mol. The Bertz CT molecular complexity index is 1070. The summed E-state index contributed by atoms with van der Waals surface area (Å²) in [7, 11) is -3.66. The van der Waals surface area contributed by atoms with E-state index in [0.29, 0.717) is 32.2 Å². The molecular weight excluding hydrogens is 481 g/mol. The Morgan fingerprint density at radius 2 is 1.69 bits per heavy atom. The SMILES string of the molecule is O=S(=O)(c1ccccc1)N1CCN(c2ccc(C(O)(CF)C(F)F)cc2)[C@@H](CC2CCOCC2)C1. The van der Waals surface area contributed by atoms with E-state index in [1.165, 1.54) is 16.4 Å². The largest absolute Gasteiger partial charge is 0.381 e. The number of nitrogens with zero attached hydrogens (tertiary/aromatic N) is 2. The third-order valence-corrected chi connectivity index (χ3v) is 8.92. The molecule has 10 heteroatoms. The fourth-order valence-corrected chi connectivity index (χ4v) is 6.39. The van der Waals surface area contributed by atoms with Gasteiger partial charge in [-0.25, -0.2) is 21.6 Å². The molecule has 2 fully saturated rings. The van der Waals surface area contributed by atoms with Gasteiger partial charge in [0.15, 0.2) is 5.60 Å². The normalized spacial score (nSPS) is 22.3. The lowest BCUT2D eigenvalue weighted by atomic mass is 9.90. The second-order valence-corrected chi connectivity index (χ2v) is 11.2. The summed E-state index contributed by atoms with van der Waals surface area (Å²) in [5.74, 6) is 0.380. The maximum atomic E-state index is 13.3. The fraction of sp³-hybridized carbons (Fsp3) is 0.520. The highest BCUT2D eigenvalue weighted by Gasteiger charge is 2.40. The van der Waals surface area contributed by atoms with Crippen LogP contribution in [0.4, 0.5) is 18.9 Å². The van der Waals surface area contributed by atoms with Gasteiger partial charge in [-0.15, -0.1) is 0 Å². The minimum atomic E-state index is -3.66. The van der Waals surface area contributed by atoms with Crippen molar-refractivity contribution in [3.8, 4) is 0 Å². The average molecular weight is 513 g/mol. The Balaban J connectivity index is 1.58. The molecule has 0 saturated carbocycles. The molecule has 2 aromatic rings. The van der Waals surface area contributed by atoms with E-state index in [2.05, 4.69) is 4.90 Å². The zero-order valence-corrected chi connectivity index (χ0v) is 20.2. The molecule has 2 atom stereocenters. The minimum absolute atomic E-state index is 0.133. The number of rotatable bonds is 8. The van der Waals surface area contributed by atoms with Crippen molar-refractivity contribution in [2.75, 3.05) is 44.4 Å². The van der Waals surface area contributed by atoms with Crippen molar-refractivity contribution in [2.24, 2.45) is 5.92 Å². The van der Waals surface area contributed by atoms with Gasteiger partial charge in [-0.05, 0) is 55.0 Å². The fourth-order valence-electron chi connectivity index (χ4n) is 4.90. The summed E-state index contributed by atoms with van der Waals surface area (Å²) in [5, 5.41) is 10.0. The molecule has 1 unspecified atom stereocenters. The molecular formula is C25H31F3N2O4S. The van der Waals surface area contributed by atoms with Crippen LogP contribution in [0.2, 0.25) is 0 Å². The first-order valence-electron chi connectivity index (χ1n) is 11.8. The highest BCUT2D eigenvalue weighted by molar-refractivity contribution is 7.89. The maximum Gasteiger partial charge on any atom is 0.273 e. The summed E-state index contributed by atoms with van der Waals surface area (Å²) in [4.78, 5) is 2.34.